The molecule has 0 aliphatic carbocycles. The van der Waals surface area contributed by atoms with E-state index in [1.54, 1.807) is 61.5 Å². The van der Waals surface area contributed by atoms with E-state index in [-0.39, 0.29) is 4.90 Å². The van der Waals surface area contributed by atoms with Crippen LogP contribution >= 0.6 is 23.2 Å². The van der Waals surface area contributed by atoms with Crippen molar-refractivity contribution in [1.29, 1.82) is 0 Å². The Morgan fingerprint density at radius 1 is 0.967 bits per heavy atom. The number of nitrogens with one attached hydrogen (secondary N) is 1. The number of anilines is 2. The van der Waals surface area contributed by atoms with E-state index in [0.717, 1.165) is 9.87 Å². The van der Waals surface area contributed by atoms with E-state index in [9.17, 15) is 13.2 Å². The maximum atomic E-state index is 13.4. The molecule has 3 aromatic carbocycles. The molecule has 0 fully saturated rings. The zero-order valence-corrected chi connectivity index (χ0v) is 18.7. The van der Waals surface area contributed by atoms with Crippen LogP contribution in [0, 0.1) is 13.8 Å². The van der Waals surface area contributed by atoms with Crippen LogP contribution in [0.25, 0.3) is 0 Å². The van der Waals surface area contributed by atoms with Crippen LogP contribution in [0.1, 0.15) is 11.1 Å². The fourth-order valence-electron chi connectivity index (χ4n) is 2.90. The monoisotopic (exact) mass is 462 g/mol. The average Bonchev–Trinajstić information content (AvgIpc) is 2.69. The van der Waals surface area contributed by atoms with E-state index in [2.05, 4.69) is 5.32 Å². The third-order valence-electron chi connectivity index (χ3n) is 4.51. The first-order chi connectivity index (χ1) is 14.2. The minimum absolute atomic E-state index is 0.0861. The Morgan fingerprint density at radius 3 is 2.30 bits per heavy atom. The molecule has 1 amide bonds. The highest BCUT2D eigenvalue weighted by Crippen LogP contribution is 2.31. The number of hydrogen-bond acceptors (Lipinski definition) is 3. The molecule has 0 heterocycles. The van der Waals surface area contributed by atoms with E-state index in [1.165, 1.54) is 12.1 Å². The number of aryl methyl sites for hydroxylation is 1. The summed E-state index contributed by atoms with van der Waals surface area (Å²) in [5.74, 6) is -0.507. The Kier molecular flexibility index (Phi) is 6.71. The van der Waals surface area contributed by atoms with Gasteiger partial charge in [-0.1, -0.05) is 53.0 Å². The number of rotatable bonds is 6. The first-order valence-electron chi connectivity index (χ1n) is 9.08. The highest BCUT2D eigenvalue weighted by atomic mass is 35.5. The third kappa shape index (κ3) is 4.95. The van der Waals surface area contributed by atoms with Crippen LogP contribution in [0.3, 0.4) is 0 Å². The molecular weight excluding hydrogens is 443 g/mol. The number of sulfonamides is 1. The van der Waals surface area contributed by atoms with Gasteiger partial charge in [0, 0.05) is 15.7 Å². The van der Waals surface area contributed by atoms with Crippen molar-refractivity contribution in [3.8, 4) is 0 Å². The van der Waals surface area contributed by atoms with Crippen molar-refractivity contribution in [2.75, 3.05) is 16.2 Å². The smallest absolute Gasteiger partial charge is 0.264 e. The lowest BCUT2D eigenvalue weighted by atomic mass is 10.2. The number of nitrogens with zero attached hydrogens (tertiary/aromatic N) is 1. The van der Waals surface area contributed by atoms with Gasteiger partial charge in [0.05, 0.1) is 10.6 Å². The summed E-state index contributed by atoms with van der Waals surface area (Å²) in [7, 11) is -4.02. The zero-order valence-electron chi connectivity index (χ0n) is 16.4. The molecule has 156 valence electrons. The van der Waals surface area contributed by atoms with Crippen LogP contribution in [0.2, 0.25) is 10.0 Å². The summed E-state index contributed by atoms with van der Waals surface area (Å²) < 4.78 is 27.9. The van der Waals surface area contributed by atoms with E-state index >= 15 is 0 Å². The Bertz CT molecular complexity index is 1180. The van der Waals surface area contributed by atoms with Crippen molar-refractivity contribution < 1.29 is 13.2 Å². The van der Waals surface area contributed by atoms with Gasteiger partial charge in [0.25, 0.3) is 10.0 Å². The van der Waals surface area contributed by atoms with Gasteiger partial charge in [-0.2, -0.15) is 0 Å². The number of benzene rings is 3. The summed E-state index contributed by atoms with van der Waals surface area (Å²) in [6.07, 6.45) is 0. The van der Waals surface area contributed by atoms with Gasteiger partial charge in [-0.05, 0) is 61.9 Å². The Balaban J connectivity index is 2.00. The lowest BCUT2D eigenvalue weighted by Crippen LogP contribution is -2.38. The standard InChI is InChI=1S/C22H20Cl2N2O3S/c1-15-9-11-19(12-10-15)30(28,29)26(21-8-4-7-20(24)16(21)2)14-22(27)25-18-6-3-5-17(23)13-18/h3-13H,14H2,1-2H3,(H,25,27). The maximum Gasteiger partial charge on any atom is 0.264 e. The second kappa shape index (κ2) is 9.08. The molecule has 8 heteroatoms. The van der Waals surface area contributed by atoms with Gasteiger partial charge in [-0.15, -0.1) is 0 Å². The number of carbonyl (C=O) groups excluding carboxylic acids is 1. The molecule has 3 rings (SSSR count). The van der Waals surface area contributed by atoms with Gasteiger partial charge >= 0.3 is 0 Å². The number of amides is 1. The minimum atomic E-state index is -4.02. The lowest BCUT2D eigenvalue weighted by Gasteiger charge is -2.26. The van der Waals surface area contributed by atoms with Crippen LogP contribution in [0.5, 0.6) is 0 Å². The first-order valence-corrected chi connectivity index (χ1v) is 11.3. The van der Waals surface area contributed by atoms with Gasteiger partial charge in [0.2, 0.25) is 5.91 Å². The Labute approximate surface area is 186 Å². The first kappa shape index (κ1) is 22.2. The van der Waals surface area contributed by atoms with Crippen LogP contribution < -0.4 is 9.62 Å². The summed E-state index contributed by atoms with van der Waals surface area (Å²) in [5.41, 5.74) is 2.30. The molecule has 5 nitrogen and oxygen atoms in total. The second-order valence-corrected chi connectivity index (χ2v) is 9.47. The fourth-order valence-corrected chi connectivity index (χ4v) is 4.74. The minimum Gasteiger partial charge on any atom is -0.324 e. The number of halogens is 2. The SMILES string of the molecule is Cc1ccc(S(=O)(=O)N(CC(=O)Nc2cccc(Cl)c2)c2cccc(Cl)c2C)cc1. The van der Waals surface area contributed by atoms with Crippen molar-refractivity contribution >= 4 is 50.5 Å². The quantitative estimate of drug-likeness (QED) is 0.529. The number of hydrogen-bond donors (Lipinski definition) is 1. The zero-order chi connectivity index (χ0) is 21.9. The van der Waals surface area contributed by atoms with Gasteiger partial charge < -0.3 is 5.32 Å². The van der Waals surface area contributed by atoms with Gasteiger partial charge in [0.1, 0.15) is 6.54 Å². The normalized spacial score (nSPS) is 11.2. The topological polar surface area (TPSA) is 66.5 Å². The van der Waals surface area contributed by atoms with Crippen molar-refractivity contribution in [3.63, 3.8) is 0 Å². The second-order valence-electron chi connectivity index (χ2n) is 6.77. The summed E-state index contributed by atoms with van der Waals surface area (Å²) in [6, 6.07) is 18.0. The molecule has 0 unspecified atom stereocenters. The van der Waals surface area contributed by atoms with Gasteiger partial charge in [-0.3, -0.25) is 9.10 Å². The highest BCUT2D eigenvalue weighted by molar-refractivity contribution is 7.92. The van der Waals surface area contributed by atoms with E-state index in [0.29, 0.717) is 27.0 Å². The van der Waals surface area contributed by atoms with Crippen molar-refractivity contribution in [3.05, 3.63) is 87.9 Å². The Hall–Kier alpha value is -2.54. The van der Waals surface area contributed by atoms with E-state index < -0.39 is 22.5 Å². The molecule has 0 aromatic heterocycles. The van der Waals surface area contributed by atoms with E-state index in [1.807, 2.05) is 6.92 Å². The summed E-state index contributed by atoms with van der Waals surface area (Å²) in [4.78, 5) is 12.8. The molecule has 0 atom stereocenters. The summed E-state index contributed by atoms with van der Waals surface area (Å²) in [6.45, 7) is 3.15. The van der Waals surface area contributed by atoms with Crippen LogP contribution in [-0.2, 0) is 14.8 Å². The molecular formula is C22H20Cl2N2O3S. The predicted octanol–water partition coefficient (Wildman–Crippen LogP) is 5.44. The van der Waals surface area contributed by atoms with Crippen LogP contribution in [0.4, 0.5) is 11.4 Å². The average molecular weight is 463 g/mol. The van der Waals surface area contributed by atoms with Crippen LogP contribution in [-0.4, -0.2) is 20.9 Å². The number of carbonyl (C=O) groups is 1. The highest BCUT2D eigenvalue weighted by Gasteiger charge is 2.28. The molecule has 0 aliphatic heterocycles. The predicted molar refractivity (Wildman–Crippen MR) is 122 cm³/mol. The third-order valence-corrected chi connectivity index (χ3v) is 6.93. The van der Waals surface area contributed by atoms with Gasteiger partial charge in [-0.25, -0.2) is 8.42 Å². The molecule has 0 radical (unpaired) electrons. The van der Waals surface area contributed by atoms with Gasteiger partial charge in [0.15, 0.2) is 0 Å². The molecule has 0 aliphatic rings. The largest absolute Gasteiger partial charge is 0.324 e. The van der Waals surface area contributed by atoms with E-state index in [4.69, 9.17) is 23.2 Å². The summed E-state index contributed by atoms with van der Waals surface area (Å²) >= 11 is 12.2. The molecule has 3 aromatic rings. The fraction of sp³-hybridized carbons (Fsp3) is 0.136. The maximum absolute atomic E-state index is 13.4. The van der Waals surface area contributed by atoms with Crippen molar-refractivity contribution in [2.45, 2.75) is 18.7 Å². The van der Waals surface area contributed by atoms with Crippen molar-refractivity contribution in [1.82, 2.24) is 0 Å². The molecule has 0 spiro atoms. The van der Waals surface area contributed by atoms with Crippen LogP contribution in [0.15, 0.2) is 71.6 Å². The Morgan fingerprint density at radius 2 is 1.63 bits per heavy atom. The lowest BCUT2D eigenvalue weighted by molar-refractivity contribution is -0.114. The molecule has 0 saturated carbocycles. The molecule has 30 heavy (non-hydrogen) atoms. The molecule has 1 N–H and O–H groups in total. The van der Waals surface area contributed by atoms with Crippen molar-refractivity contribution in [2.24, 2.45) is 0 Å². The molecule has 0 saturated heterocycles. The molecule has 0 bridgehead atoms. The summed E-state index contributed by atoms with van der Waals surface area (Å²) in [5, 5.41) is 3.56.